The first-order chi connectivity index (χ1) is 13.1. The molecule has 1 aliphatic rings. The van der Waals surface area contributed by atoms with Gasteiger partial charge < -0.3 is 26.0 Å². The van der Waals surface area contributed by atoms with Crippen LogP contribution in [0.4, 0.5) is 5.82 Å². The number of imidazole rings is 1. The van der Waals surface area contributed by atoms with Crippen LogP contribution in [0.1, 0.15) is 17.4 Å². The summed E-state index contributed by atoms with van der Waals surface area (Å²) in [5.41, 5.74) is 9.55. The van der Waals surface area contributed by atoms with Gasteiger partial charge >= 0.3 is 0 Å². The van der Waals surface area contributed by atoms with E-state index in [4.69, 9.17) is 10.5 Å². The molecule has 2 aromatic heterocycles. The quantitative estimate of drug-likeness (QED) is 0.505. The highest BCUT2D eigenvalue weighted by Crippen LogP contribution is 2.31. The molecule has 4 rings (SSSR count). The maximum Gasteiger partial charge on any atom is 0.167 e. The van der Waals surface area contributed by atoms with Crippen LogP contribution in [0.5, 0.6) is 0 Å². The summed E-state index contributed by atoms with van der Waals surface area (Å²) in [6, 6.07) is 7.42. The third-order valence-electron chi connectivity index (χ3n) is 4.94. The number of aliphatic hydroxyl groups is 2. The van der Waals surface area contributed by atoms with E-state index in [0.717, 1.165) is 0 Å². The van der Waals surface area contributed by atoms with Gasteiger partial charge in [0, 0.05) is 6.54 Å². The van der Waals surface area contributed by atoms with Crippen LogP contribution in [0.25, 0.3) is 11.2 Å². The lowest BCUT2D eigenvalue weighted by molar-refractivity contribution is -0.0437. The minimum absolute atomic E-state index is 0.309. The van der Waals surface area contributed by atoms with Crippen LogP contribution in [0.3, 0.4) is 0 Å². The summed E-state index contributed by atoms with van der Waals surface area (Å²) in [6.45, 7) is 2.36. The fourth-order valence-corrected chi connectivity index (χ4v) is 3.32. The molecule has 1 aromatic carbocycles. The van der Waals surface area contributed by atoms with Gasteiger partial charge in [-0.2, -0.15) is 0 Å². The molecule has 0 amide bonds. The van der Waals surface area contributed by atoms with Gasteiger partial charge in [0.15, 0.2) is 23.2 Å². The minimum atomic E-state index is -0.960. The Morgan fingerprint density at radius 3 is 2.81 bits per heavy atom. The molecule has 1 fully saturated rings. The summed E-state index contributed by atoms with van der Waals surface area (Å²) >= 11 is 0. The van der Waals surface area contributed by atoms with Gasteiger partial charge in [-0.3, -0.25) is 4.57 Å². The number of aromatic nitrogens is 4. The number of aryl methyl sites for hydroxylation is 1. The summed E-state index contributed by atoms with van der Waals surface area (Å²) in [7, 11) is 0. The zero-order chi connectivity index (χ0) is 19.0. The Balaban J connectivity index is 1.61. The topological polar surface area (TPSA) is 131 Å². The molecular formula is C18H22N6O3. The van der Waals surface area contributed by atoms with Gasteiger partial charge in [0.2, 0.25) is 0 Å². The molecule has 1 aliphatic heterocycles. The molecule has 0 radical (unpaired) electrons. The second kappa shape index (κ2) is 7.20. The fourth-order valence-electron chi connectivity index (χ4n) is 3.32. The fraction of sp³-hybridized carbons (Fsp3) is 0.389. The van der Waals surface area contributed by atoms with Crippen molar-refractivity contribution in [3.8, 4) is 0 Å². The first-order valence-corrected chi connectivity index (χ1v) is 8.76. The standard InChI is InChI=1S/C18H22N6O3/c1-10-4-2-3-5-11(10)6-20-16-14-17(22-8-21-16)24(9-23-14)18-13(19)15(26)12(7-25)27-18/h2-5,8-9,12-13,15,18,25-26H,6-7,19H2,1H3,(H,20,21,22)/t12-,13-,15-,18-/m1/s1. The SMILES string of the molecule is Cc1ccccc1CNc1ncnc2c1ncn2[C@@H]1O[C@H](CO)[C@@H](O)[C@H]1N. The Kier molecular flexibility index (Phi) is 4.75. The molecule has 3 aromatic rings. The van der Waals surface area contributed by atoms with E-state index >= 15 is 0 Å². The lowest BCUT2D eigenvalue weighted by Gasteiger charge is -2.17. The van der Waals surface area contributed by atoms with Crippen molar-refractivity contribution in [3.63, 3.8) is 0 Å². The Labute approximate surface area is 155 Å². The molecule has 1 saturated heterocycles. The van der Waals surface area contributed by atoms with Crippen molar-refractivity contribution < 1.29 is 14.9 Å². The number of nitrogens with zero attached hydrogens (tertiary/aromatic N) is 4. The van der Waals surface area contributed by atoms with E-state index in [9.17, 15) is 10.2 Å². The highest BCUT2D eigenvalue weighted by Gasteiger charge is 2.42. The molecule has 27 heavy (non-hydrogen) atoms. The number of rotatable bonds is 5. The normalized spacial score (nSPS) is 25.2. The smallest absolute Gasteiger partial charge is 0.167 e. The number of nitrogens with two attached hydrogens (primary N) is 1. The molecule has 0 spiro atoms. The molecule has 0 bridgehead atoms. The molecule has 3 heterocycles. The molecule has 4 atom stereocenters. The zero-order valence-corrected chi connectivity index (χ0v) is 14.9. The number of anilines is 1. The number of nitrogens with one attached hydrogen (secondary N) is 1. The Hall–Kier alpha value is -2.59. The maximum atomic E-state index is 10.1. The van der Waals surface area contributed by atoms with E-state index in [0.29, 0.717) is 23.5 Å². The van der Waals surface area contributed by atoms with Crippen molar-refractivity contribution in [3.05, 3.63) is 48.0 Å². The number of aliphatic hydroxyl groups excluding tert-OH is 2. The van der Waals surface area contributed by atoms with Gasteiger partial charge in [0.25, 0.3) is 0 Å². The number of ether oxygens (including phenoxy) is 1. The van der Waals surface area contributed by atoms with Gasteiger partial charge in [-0.25, -0.2) is 15.0 Å². The van der Waals surface area contributed by atoms with Crippen LogP contribution in [0.2, 0.25) is 0 Å². The highest BCUT2D eigenvalue weighted by molar-refractivity contribution is 5.82. The first kappa shape index (κ1) is 17.8. The lowest BCUT2D eigenvalue weighted by Crippen LogP contribution is -2.39. The largest absolute Gasteiger partial charge is 0.394 e. The zero-order valence-electron chi connectivity index (χ0n) is 14.9. The van der Waals surface area contributed by atoms with Crippen molar-refractivity contribution in [2.24, 2.45) is 5.73 Å². The van der Waals surface area contributed by atoms with Crippen molar-refractivity contribution in [2.45, 2.75) is 37.9 Å². The third kappa shape index (κ3) is 3.15. The van der Waals surface area contributed by atoms with Crippen molar-refractivity contribution >= 4 is 17.0 Å². The van der Waals surface area contributed by atoms with Gasteiger partial charge in [0.05, 0.1) is 19.0 Å². The van der Waals surface area contributed by atoms with E-state index in [1.54, 1.807) is 10.9 Å². The number of fused-ring (bicyclic) bond motifs is 1. The van der Waals surface area contributed by atoms with Crippen LogP contribution in [0.15, 0.2) is 36.9 Å². The maximum absolute atomic E-state index is 10.1. The number of hydrogen-bond acceptors (Lipinski definition) is 8. The van der Waals surface area contributed by atoms with E-state index in [-0.39, 0.29) is 6.61 Å². The molecule has 9 heteroatoms. The first-order valence-electron chi connectivity index (χ1n) is 8.76. The Bertz CT molecular complexity index is 946. The summed E-state index contributed by atoms with van der Waals surface area (Å²) in [5, 5.41) is 22.7. The number of hydrogen-bond donors (Lipinski definition) is 4. The van der Waals surface area contributed by atoms with Gasteiger partial charge in [-0.15, -0.1) is 0 Å². The van der Waals surface area contributed by atoms with Crippen LogP contribution >= 0.6 is 0 Å². The molecule has 0 aliphatic carbocycles. The van der Waals surface area contributed by atoms with Crippen molar-refractivity contribution in [1.29, 1.82) is 0 Å². The second-order valence-corrected chi connectivity index (χ2v) is 6.64. The lowest BCUT2D eigenvalue weighted by atomic mass is 10.1. The van der Waals surface area contributed by atoms with Crippen LogP contribution in [-0.2, 0) is 11.3 Å². The minimum Gasteiger partial charge on any atom is -0.394 e. The monoisotopic (exact) mass is 370 g/mol. The van der Waals surface area contributed by atoms with Crippen LogP contribution in [-0.4, -0.2) is 54.6 Å². The van der Waals surface area contributed by atoms with Gasteiger partial charge in [-0.05, 0) is 18.1 Å². The summed E-state index contributed by atoms with van der Waals surface area (Å²) in [5.74, 6) is 0.604. The predicted molar refractivity (Wildman–Crippen MR) is 98.8 cm³/mol. The molecular weight excluding hydrogens is 348 g/mol. The molecule has 0 unspecified atom stereocenters. The van der Waals surface area contributed by atoms with E-state index < -0.39 is 24.5 Å². The molecule has 142 valence electrons. The third-order valence-corrected chi connectivity index (χ3v) is 4.94. The number of benzene rings is 1. The van der Waals surface area contributed by atoms with E-state index in [1.165, 1.54) is 17.5 Å². The van der Waals surface area contributed by atoms with E-state index in [1.807, 2.05) is 12.1 Å². The summed E-state index contributed by atoms with van der Waals surface area (Å²) in [6.07, 6.45) is 0.651. The Morgan fingerprint density at radius 1 is 1.26 bits per heavy atom. The molecule has 0 saturated carbocycles. The van der Waals surface area contributed by atoms with Crippen LogP contribution < -0.4 is 11.1 Å². The van der Waals surface area contributed by atoms with Crippen molar-refractivity contribution in [2.75, 3.05) is 11.9 Å². The average molecular weight is 370 g/mol. The summed E-state index contributed by atoms with van der Waals surface area (Å²) < 4.78 is 7.36. The summed E-state index contributed by atoms with van der Waals surface area (Å²) in [4.78, 5) is 13.0. The highest BCUT2D eigenvalue weighted by atomic mass is 16.5. The average Bonchev–Trinajstić information content (AvgIpc) is 3.23. The van der Waals surface area contributed by atoms with Gasteiger partial charge in [-0.1, -0.05) is 24.3 Å². The van der Waals surface area contributed by atoms with Crippen LogP contribution in [0, 0.1) is 6.92 Å². The second-order valence-electron chi connectivity index (χ2n) is 6.64. The van der Waals surface area contributed by atoms with Crippen molar-refractivity contribution in [1.82, 2.24) is 19.5 Å². The molecule has 9 nitrogen and oxygen atoms in total. The van der Waals surface area contributed by atoms with Gasteiger partial charge in [0.1, 0.15) is 18.5 Å². The van der Waals surface area contributed by atoms with E-state index in [2.05, 4.69) is 39.3 Å². The Morgan fingerprint density at radius 2 is 2.07 bits per heavy atom. The molecule has 5 N–H and O–H groups in total. The predicted octanol–water partition coefficient (Wildman–Crippen LogP) is 0.325.